The lowest BCUT2D eigenvalue weighted by Gasteiger charge is -2.28. The van der Waals surface area contributed by atoms with Crippen molar-refractivity contribution in [2.24, 2.45) is 0 Å². The molecular weight excluding hydrogens is 418 g/mol. The predicted octanol–water partition coefficient (Wildman–Crippen LogP) is 2.68. The number of nitrogens with zero attached hydrogens (tertiary/aromatic N) is 1. The number of hydrogen-bond donors (Lipinski definition) is 3. The maximum Gasteiger partial charge on any atom is 0.286 e. The van der Waals surface area contributed by atoms with Gasteiger partial charge < -0.3 is 29.6 Å². The normalized spacial score (nSPS) is 18.5. The quantitative estimate of drug-likeness (QED) is 0.416. The maximum absolute atomic E-state index is 12.8. The molecule has 4 rings (SSSR count). The van der Waals surface area contributed by atoms with E-state index in [-0.39, 0.29) is 37.3 Å². The van der Waals surface area contributed by atoms with Gasteiger partial charge in [0.2, 0.25) is 6.29 Å². The standard InChI is InChI=1S/C22H25N3O5S/c26-6-7-28-8-9-29-21-12-16(15-5-10-31-14-15)11-19(30-21)22(27)23-13-20-24-17-3-1-2-4-18(17)25-20/h1-5,10-11,14,16,21,26H,6-9,12-13H2,(H,23,27)(H,24,25)/t16-,21+/m1/s1. The topological polar surface area (TPSA) is 106 Å². The first-order chi connectivity index (χ1) is 15.2. The first kappa shape index (κ1) is 21.5. The largest absolute Gasteiger partial charge is 0.459 e. The van der Waals surface area contributed by atoms with Gasteiger partial charge in [0, 0.05) is 12.3 Å². The molecule has 3 N–H and O–H groups in total. The minimum Gasteiger partial charge on any atom is -0.459 e. The van der Waals surface area contributed by atoms with E-state index in [1.54, 1.807) is 11.3 Å². The van der Waals surface area contributed by atoms with Crippen LogP contribution in [0.5, 0.6) is 0 Å². The summed E-state index contributed by atoms with van der Waals surface area (Å²) in [5.41, 5.74) is 2.91. The zero-order valence-electron chi connectivity index (χ0n) is 17.0. The minimum absolute atomic E-state index is 0.0234. The number of aromatic amines is 1. The molecule has 3 heterocycles. The molecular formula is C22H25N3O5S. The molecule has 0 spiro atoms. The molecule has 0 saturated heterocycles. The highest BCUT2D eigenvalue weighted by Crippen LogP contribution is 2.32. The average Bonchev–Trinajstić information content (AvgIpc) is 3.47. The zero-order valence-corrected chi connectivity index (χ0v) is 17.8. The Morgan fingerprint density at radius 1 is 1.29 bits per heavy atom. The van der Waals surface area contributed by atoms with E-state index in [2.05, 4.69) is 20.7 Å². The summed E-state index contributed by atoms with van der Waals surface area (Å²) in [7, 11) is 0. The van der Waals surface area contributed by atoms with Gasteiger partial charge in [0.15, 0.2) is 5.76 Å². The van der Waals surface area contributed by atoms with Crippen LogP contribution in [-0.2, 0) is 25.5 Å². The summed E-state index contributed by atoms with van der Waals surface area (Å²) in [5.74, 6) is 0.620. The maximum atomic E-state index is 12.8. The van der Waals surface area contributed by atoms with Crippen molar-refractivity contribution in [1.29, 1.82) is 0 Å². The van der Waals surface area contributed by atoms with Crippen molar-refractivity contribution in [3.8, 4) is 0 Å². The summed E-state index contributed by atoms with van der Waals surface area (Å²) >= 11 is 1.61. The number of benzene rings is 1. The molecule has 1 aliphatic rings. The number of ether oxygens (including phenoxy) is 3. The molecule has 3 aromatic rings. The van der Waals surface area contributed by atoms with Gasteiger partial charge in [0.1, 0.15) is 5.82 Å². The first-order valence-corrected chi connectivity index (χ1v) is 11.1. The van der Waals surface area contributed by atoms with Crippen LogP contribution in [0.15, 0.2) is 52.9 Å². The lowest BCUT2D eigenvalue weighted by Crippen LogP contribution is -2.33. The molecule has 0 fully saturated rings. The summed E-state index contributed by atoms with van der Waals surface area (Å²) < 4.78 is 16.8. The Hall–Kier alpha value is -2.72. The molecule has 0 radical (unpaired) electrons. The zero-order chi connectivity index (χ0) is 21.5. The van der Waals surface area contributed by atoms with Crippen LogP contribution < -0.4 is 5.32 Å². The molecule has 0 aliphatic carbocycles. The number of imidazole rings is 1. The Morgan fingerprint density at radius 2 is 2.19 bits per heavy atom. The number of fused-ring (bicyclic) bond motifs is 1. The van der Waals surface area contributed by atoms with Crippen molar-refractivity contribution in [2.45, 2.75) is 25.2 Å². The predicted molar refractivity (Wildman–Crippen MR) is 116 cm³/mol. The van der Waals surface area contributed by atoms with Gasteiger partial charge in [0.05, 0.1) is 44.0 Å². The molecule has 1 aromatic carbocycles. The Balaban J connectivity index is 1.39. The van der Waals surface area contributed by atoms with E-state index >= 15 is 0 Å². The summed E-state index contributed by atoms with van der Waals surface area (Å²) in [5, 5.41) is 15.7. The Morgan fingerprint density at radius 3 is 3.00 bits per heavy atom. The number of allylic oxidation sites excluding steroid dienone is 1. The Kier molecular flexibility index (Phi) is 7.31. The number of para-hydroxylation sites is 2. The van der Waals surface area contributed by atoms with Gasteiger partial charge in [-0.1, -0.05) is 12.1 Å². The second-order valence-electron chi connectivity index (χ2n) is 7.07. The lowest BCUT2D eigenvalue weighted by molar-refractivity contribution is -0.151. The minimum atomic E-state index is -0.556. The van der Waals surface area contributed by atoms with Gasteiger partial charge in [-0.05, 0) is 40.6 Å². The number of aliphatic hydroxyl groups is 1. The van der Waals surface area contributed by atoms with Crippen molar-refractivity contribution in [2.75, 3.05) is 26.4 Å². The fourth-order valence-electron chi connectivity index (χ4n) is 3.38. The van der Waals surface area contributed by atoms with E-state index in [0.29, 0.717) is 25.5 Å². The van der Waals surface area contributed by atoms with Crippen molar-refractivity contribution >= 4 is 28.3 Å². The SMILES string of the molecule is O=C(NCc1nc2ccccc2[nH]1)C1=C[C@@H](c2ccsc2)C[C@@H](OCCOCCO)O1. The number of H-pyrrole nitrogens is 1. The van der Waals surface area contributed by atoms with E-state index in [1.807, 2.05) is 41.8 Å². The second-order valence-corrected chi connectivity index (χ2v) is 7.85. The fourth-order valence-corrected chi connectivity index (χ4v) is 4.11. The summed E-state index contributed by atoms with van der Waals surface area (Å²) in [6.45, 7) is 1.16. The van der Waals surface area contributed by atoms with Crippen molar-refractivity contribution in [1.82, 2.24) is 15.3 Å². The number of hydrogen-bond acceptors (Lipinski definition) is 7. The first-order valence-electron chi connectivity index (χ1n) is 10.2. The van der Waals surface area contributed by atoms with Crippen LogP contribution in [0.25, 0.3) is 11.0 Å². The van der Waals surface area contributed by atoms with Gasteiger partial charge >= 0.3 is 0 Å². The number of carbonyl (C=O) groups is 1. The number of carbonyl (C=O) groups excluding carboxylic acids is 1. The molecule has 8 nitrogen and oxygen atoms in total. The molecule has 9 heteroatoms. The number of amides is 1. The van der Waals surface area contributed by atoms with Crippen LogP contribution >= 0.6 is 11.3 Å². The van der Waals surface area contributed by atoms with Crippen molar-refractivity contribution in [3.63, 3.8) is 0 Å². The Bertz CT molecular complexity index is 984. The van der Waals surface area contributed by atoms with Crippen LogP contribution in [0, 0.1) is 0 Å². The summed E-state index contributed by atoms with van der Waals surface area (Å²) in [6.07, 6.45) is 1.90. The van der Waals surface area contributed by atoms with Crippen LogP contribution in [-0.4, -0.2) is 53.7 Å². The highest BCUT2D eigenvalue weighted by Gasteiger charge is 2.29. The molecule has 0 saturated carbocycles. The number of aromatic nitrogens is 2. The van der Waals surface area contributed by atoms with Crippen LogP contribution in [0.3, 0.4) is 0 Å². The number of aliphatic hydroxyl groups excluding tert-OH is 1. The highest BCUT2D eigenvalue weighted by molar-refractivity contribution is 7.08. The van der Waals surface area contributed by atoms with Crippen LogP contribution in [0.4, 0.5) is 0 Å². The number of nitrogens with one attached hydrogen (secondary N) is 2. The third kappa shape index (κ3) is 5.71. The molecule has 1 amide bonds. The van der Waals surface area contributed by atoms with E-state index in [9.17, 15) is 4.79 Å². The van der Waals surface area contributed by atoms with Crippen LogP contribution in [0.2, 0.25) is 0 Å². The monoisotopic (exact) mass is 443 g/mol. The van der Waals surface area contributed by atoms with E-state index < -0.39 is 6.29 Å². The van der Waals surface area contributed by atoms with E-state index in [4.69, 9.17) is 19.3 Å². The molecule has 0 unspecified atom stereocenters. The Labute approximate surface area is 183 Å². The van der Waals surface area contributed by atoms with Crippen molar-refractivity contribution < 1.29 is 24.1 Å². The van der Waals surface area contributed by atoms with E-state index in [1.165, 1.54) is 0 Å². The highest BCUT2D eigenvalue weighted by atomic mass is 32.1. The van der Waals surface area contributed by atoms with Crippen LogP contribution in [0.1, 0.15) is 23.7 Å². The molecule has 0 bridgehead atoms. The fraction of sp³-hybridized carbons (Fsp3) is 0.364. The molecule has 31 heavy (non-hydrogen) atoms. The number of rotatable bonds is 10. The van der Waals surface area contributed by atoms with Gasteiger partial charge in [0.25, 0.3) is 5.91 Å². The van der Waals surface area contributed by atoms with Gasteiger partial charge in [-0.3, -0.25) is 4.79 Å². The molecule has 1 aliphatic heterocycles. The molecule has 2 atom stereocenters. The number of thiophene rings is 1. The smallest absolute Gasteiger partial charge is 0.286 e. The molecule has 164 valence electrons. The average molecular weight is 444 g/mol. The second kappa shape index (κ2) is 10.5. The van der Waals surface area contributed by atoms with Crippen molar-refractivity contribution in [3.05, 3.63) is 64.3 Å². The third-order valence-corrected chi connectivity index (χ3v) is 5.58. The summed E-state index contributed by atoms with van der Waals surface area (Å²) in [6, 6.07) is 9.76. The lowest BCUT2D eigenvalue weighted by atomic mass is 9.95. The van der Waals surface area contributed by atoms with E-state index in [0.717, 1.165) is 16.6 Å². The van der Waals surface area contributed by atoms with Gasteiger partial charge in [-0.15, -0.1) is 0 Å². The summed E-state index contributed by atoms with van der Waals surface area (Å²) in [4.78, 5) is 20.5. The van der Waals surface area contributed by atoms with Gasteiger partial charge in [-0.2, -0.15) is 11.3 Å². The third-order valence-electron chi connectivity index (χ3n) is 4.87. The van der Waals surface area contributed by atoms with Gasteiger partial charge in [-0.25, -0.2) is 4.98 Å². The molecule has 2 aromatic heterocycles.